The molecule has 0 radical (unpaired) electrons. The van der Waals surface area contributed by atoms with E-state index < -0.39 is 0 Å². The summed E-state index contributed by atoms with van der Waals surface area (Å²) >= 11 is 3.43. The van der Waals surface area contributed by atoms with Gasteiger partial charge in [-0.05, 0) is 19.1 Å². The van der Waals surface area contributed by atoms with Crippen molar-refractivity contribution in [2.75, 3.05) is 39.8 Å². The van der Waals surface area contributed by atoms with Gasteiger partial charge in [0.15, 0.2) is 5.78 Å². The Labute approximate surface area is 167 Å². The lowest BCUT2D eigenvalue weighted by Gasteiger charge is -2.40. The van der Waals surface area contributed by atoms with E-state index in [0.29, 0.717) is 6.54 Å². The molecule has 142 valence electrons. The first-order valence-corrected chi connectivity index (χ1v) is 9.95. The predicted octanol–water partition coefficient (Wildman–Crippen LogP) is 1.75. The molecule has 8 heteroatoms. The van der Waals surface area contributed by atoms with Gasteiger partial charge in [0, 0.05) is 43.3 Å². The van der Waals surface area contributed by atoms with Gasteiger partial charge in [-0.25, -0.2) is 4.99 Å². The van der Waals surface area contributed by atoms with Crippen LogP contribution in [0.25, 0.3) is 0 Å². The topological polar surface area (TPSA) is 63.9 Å². The molecule has 0 bridgehead atoms. The Morgan fingerprint density at radius 3 is 2.78 bits per heavy atom. The molecule has 3 aliphatic rings. The molecule has 0 unspecified atom stereocenters. The minimum atomic E-state index is 0.0682. The smallest absolute Gasteiger partial charge is 0.176 e. The van der Waals surface area contributed by atoms with Crippen molar-refractivity contribution in [2.24, 2.45) is 15.1 Å². The van der Waals surface area contributed by atoms with Crippen molar-refractivity contribution in [3.05, 3.63) is 34.3 Å². The van der Waals surface area contributed by atoms with Crippen LogP contribution < -0.4 is 0 Å². The summed E-state index contributed by atoms with van der Waals surface area (Å²) in [6.45, 7) is 5.87. The van der Waals surface area contributed by atoms with Gasteiger partial charge in [0.05, 0.1) is 12.3 Å². The van der Waals surface area contributed by atoms with Crippen LogP contribution in [0.2, 0.25) is 0 Å². The van der Waals surface area contributed by atoms with Crippen LogP contribution in [0.15, 0.2) is 43.8 Å². The molecule has 1 aromatic carbocycles. The number of hydrogen-bond acceptors (Lipinski definition) is 7. The van der Waals surface area contributed by atoms with E-state index in [1.165, 1.54) is 0 Å². The van der Waals surface area contributed by atoms with E-state index in [1.807, 2.05) is 43.2 Å². The molecule has 0 aliphatic carbocycles. The molecule has 2 atom stereocenters. The highest BCUT2D eigenvalue weighted by Crippen LogP contribution is 2.23. The minimum Gasteiger partial charge on any atom is -0.356 e. The fraction of sp³-hybridized carbons (Fsp3) is 0.474. The van der Waals surface area contributed by atoms with Crippen molar-refractivity contribution in [1.82, 2.24) is 14.8 Å². The van der Waals surface area contributed by atoms with E-state index >= 15 is 0 Å². The number of amidine groups is 1. The third kappa shape index (κ3) is 3.68. The Hall–Kier alpha value is -2.06. The molecule has 1 aromatic rings. The summed E-state index contributed by atoms with van der Waals surface area (Å²) in [6.07, 6.45) is 1.66. The first-order chi connectivity index (χ1) is 13.0. The number of hydrazone groups is 1. The Morgan fingerprint density at radius 1 is 1.26 bits per heavy atom. The second-order valence-corrected chi connectivity index (χ2v) is 8.07. The number of benzene rings is 1. The summed E-state index contributed by atoms with van der Waals surface area (Å²) in [5.41, 5.74) is 1.78. The van der Waals surface area contributed by atoms with Gasteiger partial charge in [0.2, 0.25) is 0 Å². The SMILES string of the molecule is CC1=NN(C)[C@@H]2C(N3CCN(CC(=O)c4cccc(Br)c4)CC3)=NC=N[C@H]12. The molecule has 27 heavy (non-hydrogen) atoms. The summed E-state index contributed by atoms with van der Waals surface area (Å²) in [5, 5.41) is 6.51. The largest absolute Gasteiger partial charge is 0.356 e. The second-order valence-electron chi connectivity index (χ2n) is 7.15. The number of fused-ring (bicyclic) bond motifs is 1. The lowest BCUT2D eigenvalue weighted by atomic mass is 10.0. The number of ketones is 1. The normalized spacial score (nSPS) is 25.3. The first-order valence-electron chi connectivity index (χ1n) is 9.16. The number of likely N-dealkylation sites (N-methyl/N-ethyl adjacent to an activating group) is 1. The standard InChI is InChI=1S/C19H23BrN6O/c1-13-17-18(24(2)23-13)19(22-12-21-17)26-8-6-25(7-9-26)11-16(27)14-4-3-5-15(20)10-14/h3-5,10,12,17-18H,6-9,11H2,1-2H3/t17-,18+/m1/s1. The summed E-state index contributed by atoms with van der Waals surface area (Å²) in [4.78, 5) is 26.1. The van der Waals surface area contributed by atoms with Crippen LogP contribution in [0.4, 0.5) is 0 Å². The molecule has 3 heterocycles. The van der Waals surface area contributed by atoms with Crippen LogP contribution in [0.1, 0.15) is 17.3 Å². The highest BCUT2D eigenvalue weighted by Gasteiger charge is 2.41. The van der Waals surface area contributed by atoms with E-state index in [0.717, 1.165) is 47.8 Å². The molecule has 3 aliphatic heterocycles. The Balaban J connectivity index is 1.36. The molecular formula is C19H23BrN6O. The lowest BCUT2D eigenvalue weighted by Crippen LogP contribution is -2.56. The average molecular weight is 431 g/mol. The van der Waals surface area contributed by atoms with Crippen LogP contribution in [0.3, 0.4) is 0 Å². The van der Waals surface area contributed by atoms with Gasteiger partial charge in [0.25, 0.3) is 0 Å². The minimum absolute atomic E-state index is 0.0682. The summed E-state index contributed by atoms with van der Waals surface area (Å²) in [7, 11) is 1.98. The van der Waals surface area contributed by atoms with Crippen LogP contribution in [-0.2, 0) is 0 Å². The Morgan fingerprint density at radius 2 is 2.04 bits per heavy atom. The van der Waals surface area contributed by atoms with Gasteiger partial charge in [-0.1, -0.05) is 28.1 Å². The van der Waals surface area contributed by atoms with E-state index in [9.17, 15) is 4.79 Å². The molecule has 0 N–H and O–H groups in total. The zero-order valence-corrected chi connectivity index (χ0v) is 17.1. The molecule has 0 amide bonds. The fourth-order valence-electron chi connectivity index (χ4n) is 3.90. The summed E-state index contributed by atoms with van der Waals surface area (Å²) < 4.78 is 0.933. The number of halogens is 1. The number of nitrogens with zero attached hydrogens (tertiary/aromatic N) is 6. The molecule has 1 saturated heterocycles. The van der Waals surface area contributed by atoms with Crippen molar-refractivity contribution >= 4 is 39.6 Å². The number of aliphatic imine (C=N–C) groups is 2. The van der Waals surface area contributed by atoms with Crippen LogP contribution in [-0.4, -0.2) is 90.3 Å². The number of hydrogen-bond donors (Lipinski definition) is 0. The molecule has 0 saturated carbocycles. The molecule has 7 nitrogen and oxygen atoms in total. The number of carbonyl (C=O) groups is 1. The number of carbonyl (C=O) groups excluding carboxylic acids is 1. The number of piperazine rings is 1. The van der Waals surface area contributed by atoms with Crippen molar-refractivity contribution in [1.29, 1.82) is 0 Å². The highest BCUT2D eigenvalue weighted by molar-refractivity contribution is 9.10. The maximum absolute atomic E-state index is 12.5. The first kappa shape index (κ1) is 18.3. The quantitative estimate of drug-likeness (QED) is 0.685. The number of rotatable bonds is 3. The van der Waals surface area contributed by atoms with Crippen molar-refractivity contribution in [2.45, 2.75) is 19.0 Å². The molecule has 4 rings (SSSR count). The van der Waals surface area contributed by atoms with Crippen molar-refractivity contribution in [3.63, 3.8) is 0 Å². The van der Waals surface area contributed by atoms with Crippen LogP contribution in [0, 0.1) is 0 Å². The fourth-order valence-corrected chi connectivity index (χ4v) is 4.30. The van der Waals surface area contributed by atoms with E-state index in [2.05, 4.69) is 40.8 Å². The van der Waals surface area contributed by atoms with E-state index in [4.69, 9.17) is 0 Å². The summed E-state index contributed by atoms with van der Waals surface area (Å²) in [6, 6.07) is 7.74. The zero-order valence-electron chi connectivity index (χ0n) is 15.5. The maximum atomic E-state index is 12.5. The van der Waals surface area contributed by atoms with Gasteiger partial charge >= 0.3 is 0 Å². The molecule has 0 aromatic heterocycles. The highest BCUT2D eigenvalue weighted by atomic mass is 79.9. The Bertz CT molecular complexity index is 827. The lowest BCUT2D eigenvalue weighted by molar-refractivity contribution is 0.0894. The third-order valence-electron chi connectivity index (χ3n) is 5.34. The van der Waals surface area contributed by atoms with E-state index in [1.54, 1.807) is 6.34 Å². The predicted molar refractivity (Wildman–Crippen MR) is 111 cm³/mol. The second kappa shape index (κ2) is 7.52. The molecular weight excluding hydrogens is 408 g/mol. The Kier molecular flexibility index (Phi) is 5.10. The monoisotopic (exact) mass is 430 g/mol. The van der Waals surface area contributed by atoms with Crippen molar-refractivity contribution < 1.29 is 4.79 Å². The third-order valence-corrected chi connectivity index (χ3v) is 5.83. The van der Waals surface area contributed by atoms with Gasteiger partial charge in [0.1, 0.15) is 24.3 Å². The number of Topliss-reactive ketones (excluding diaryl/α,β-unsaturated/α-hetero) is 1. The van der Waals surface area contributed by atoms with Crippen LogP contribution in [0.5, 0.6) is 0 Å². The maximum Gasteiger partial charge on any atom is 0.176 e. The van der Waals surface area contributed by atoms with Crippen molar-refractivity contribution in [3.8, 4) is 0 Å². The zero-order chi connectivity index (χ0) is 19.0. The van der Waals surface area contributed by atoms with Crippen LogP contribution >= 0.6 is 15.9 Å². The van der Waals surface area contributed by atoms with Gasteiger partial charge in [-0.3, -0.25) is 19.7 Å². The average Bonchev–Trinajstić information content (AvgIpc) is 2.97. The van der Waals surface area contributed by atoms with E-state index in [-0.39, 0.29) is 17.9 Å². The van der Waals surface area contributed by atoms with Gasteiger partial charge < -0.3 is 4.90 Å². The molecule has 1 fully saturated rings. The molecule has 0 spiro atoms. The van der Waals surface area contributed by atoms with Gasteiger partial charge in [-0.2, -0.15) is 5.10 Å². The van der Waals surface area contributed by atoms with Gasteiger partial charge in [-0.15, -0.1) is 0 Å². The summed E-state index contributed by atoms with van der Waals surface area (Å²) in [5.74, 6) is 1.20.